The molecular weight excluding hydrogens is 275 g/mol. The zero-order valence-corrected chi connectivity index (χ0v) is 11.9. The number of nitrogens with zero attached hydrogens (tertiary/aromatic N) is 3. The number of hydrogen-bond donors (Lipinski definition) is 3. The Hall–Kier alpha value is -1.86. The summed E-state index contributed by atoms with van der Waals surface area (Å²) in [6, 6.07) is 4.58. The lowest BCUT2D eigenvalue weighted by Gasteiger charge is -2.24. The van der Waals surface area contributed by atoms with Gasteiger partial charge in [-0.05, 0) is 31.2 Å². The maximum atomic E-state index is 14.2. The van der Waals surface area contributed by atoms with Crippen LogP contribution in [0.25, 0.3) is 0 Å². The van der Waals surface area contributed by atoms with E-state index in [1.54, 1.807) is 12.1 Å². The fourth-order valence-corrected chi connectivity index (χ4v) is 2.56. The van der Waals surface area contributed by atoms with Crippen LogP contribution in [-0.4, -0.2) is 60.4 Å². The monoisotopic (exact) mass is 296 g/mol. The highest BCUT2D eigenvalue weighted by molar-refractivity contribution is 5.97. The van der Waals surface area contributed by atoms with Crippen LogP contribution in [0.4, 0.5) is 10.1 Å². The van der Waals surface area contributed by atoms with Gasteiger partial charge in [0.15, 0.2) is 5.84 Å². The molecule has 1 aromatic rings. The molecule has 0 amide bonds. The first-order chi connectivity index (χ1) is 10.2. The van der Waals surface area contributed by atoms with Crippen molar-refractivity contribution in [3.8, 4) is 0 Å². The third-order valence-electron chi connectivity index (χ3n) is 3.70. The van der Waals surface area contributed by atoms with Crippen molar-refractivity contribution < 1.29 is 14.7 Å². The Morgan fingerprint density at radius 3 is 2.76 bits per heavy atom. The van der Waals surface area contributed by atoms with Gasteiger partial charge in [-0.15, -0.1) is 0 Å². The van der Waals surface area contributed by atoms with Gasteiger partial charge in [0.2, 0.25) is 0 Å². The Balaban J connectivity index is 2.11. The molecule has 21 heavy (non-hydrogen) atoms. The molecule has 0 bridgehead atoms. The number of halogens is 1. The quantitative estimate of drug-likeness (QED) is 0.325. The minimum atomic E-state index is -0.380. The fourth-order valence-electron chi connectivity index (χ4n) is 2.56. The van der Waals surface area contributed by atoms with E-state index in [0.717, 1.165) is 26.1 Å². The number of hydrogen-bond acceptors (Lipinski definition) is 5. The Morgan fingerprint density at radius 1 is 1.29 bits per heavy atom. The maximum Gasteiger partial charge on any atom is 0.170 e. The second-order valence-corrected chi connectivity index (χ2v) is 5.06. The number of rotatable bonds is 4. The molecule has 0 aliphatic carbocycles. The normalized spacial score (nSPS) is 17.8. The van der Waals surface area contributed by atoms with Gasteiger partial charge in [-0.2, -0.15) is 0 Å². The number of aliphatic hydroxyl groups is 1. The third-order valence-corrected chi connectivity index (χ3v) is 3.70. The van der Waals surface area contributed by atoms with E-state index in [0.29, 0.717) is 24.3 Å². The number of benzene rings is 1. The predicted octanol–water partition coefficient (Wildman–Crippen LogP) is 0.425. The first-order valence-electron chi connectivity index (χ1n) is 7.01. The van der Waals surface area contributed by atoms with Gasteiger partial charge in [0.1, 0.15) is 5.82 Å². The lowest BCUT2D eigenvalue weighted by atomic mass is 10.1. The molecule has 6 nitrogen and oxygen atoms in total. The van der Waals surface area contributed by atoms with E-state index in [9.17, 15) is 4.39 Å². The molecule has 0 saturated carbocycles. The van der Waals surface area contributed by atoms with Crippen molar-refractivity contribution in [2.24, 2.45) is 10.9 Å². The highest BCUT2D eigenvalue weighted by atomic mass is 19.1. The van der Waals surface area contributed by atoms with Crippen molar-refractivity contribution >= 4 is 11.5 Å². The highest BCUT2D eigenvalue weighted by Crippen LogP contribution is 2.22. The Labute approximate surface area is 123 Å². The van der Waals surface area contributed by atoms with Gasteiger partial charge in [-0.1, -0.05) is 5.16 Å². The number of aliphatic hydroxyl groups excluding tert-OH is 1. The number of anilines is 1. The van der Waals surface area contributed by atoms with Crippen LogP contribution in [-0.2, 0) is 0 Å². The summed E-state index contributed by atoms with van der Waals surface area (Å²) in [5, 5.41) is 20.5. The van der Waals surface area contributed by atoms with Crippen molar-refractivity contribution in [3.63, 3.8) is 0 Å². The second-order valence-electron chi connectivity index (χ2n) is 5.06. The molecular formula is C14H21FN4O2. The van der Waals surface area contributed by atoms with Gasteiger partial charge >= 0.3 is 0 Å². The zero-order chi connectivity index (χ0) is 15.2. The van der Waals surface area contributed by atoms with Gasteiger partial charge in [-0.25, -0.2) is 4.39 Å². The first kappa shape index (κ1) is 15.5. The molecule has 0 radical (unpaired) electrons. The summed E-state index contributed by atoms with van der Waals surface area (Å²) >= 11 is 0. The number of β-amino-alcohol motifs (C(OH)–C–C–N with tert-alkyl or cyclic N) is 1. The molecule has 0 unspecified atom stereocenters. The lowest BCUT2D eigenvalue weighted by Crippen LogP contribution is -2.32. The van der Waals surface area contributed by atoms with Crippen molar-refractivity contribution in [2.45, 2.75) is 6.42 Å². The summed E-state index contributed by atoms with van der Waals surface area (Å²) < 4.78 is 14.2. The molecule has 0 aromatic heterocycles. The molecule has 0 atom stereocenters. The van der Waals surface area contributed by atoms with Crippen molar-refractivity contribution in [1.29, 1.82) is 0 Å². The third kappa shape index (κ3) is 3.83. The molecule has 1 fully saturated rings. The van der Waals surface area contributed by atoms with Crippen LogP contribution >= 0.6 is 0 Å². The summed E-state index contributed by atoms with van der Waals surface area (Å²) in [5.41, 5.74) is 6.34. The lowest BCUT2D eigenvalue weighted by molar-refractivity contribution is 0.204. The van der Waals surface area contributed by atoms with Gasteiger partial charge in [0, 0.05) is 31.7 Å². The Morgan fingerprint density at radius 2 is 2.10 bits per heavy atom. The smallest absolute Gasteiger partial charge is 0.170 e. The Bertz CT molecular complexity index is 510. The fraction of sp³-hybridized carbons (Fsp3) is 0.500. The van der Waals surface area contributed by atoms with Crippen LogP contribution in [0.15, 0.2) is 23.4 Å². The standard InChI is InChI=1S/C14H21FN4O2/c15-12-10-11(14(16)17-21)2-3-13(12)19-5-1-4-18(6-7-19)8-9-20/h2-3,10,20-21H,1,4-9H2,(H2,16,17). The van der Waals surface area contributed by atoms with Crippen molar-refractivity contribution in [1.82, 2.24) is 4.90 Å². The minimum Gasteiger partial charge on any atom is -0.409 e. The predicted molar refractivity (Wildman–Crippen MR) is 79.3 cm³/mol. The minimum absolute atomic E-state index is 0.106. The SMILES string of the molecule is N/C(=N/O)c1ccc(N2CCCN(CCO)CC2)c(F)c1. The highest BCUT2D eigenvalue weighted by Gasteiger charge is 2.18. The summed E-state index contributed by atoms with van der Waals surface area (Å²) in [6.07, 6.45) is 0.918. The van der Waals surface area contributed by atoms with E-state index >= 15 is 0 Å². The number of nitrogens with two attached hydrogens (primary N) is 1. The molecule has 7 heteroatoms. The van der Waals surface area contributed by atoms with E-state index in [2.05, 4.69) is 10.1 Å². The van der Waals surface area contributed by atoms with Crippen LogP contribution in [0.1, 0.15) is 12.0 Å². The average molecular weight is 296 g/mol. The maximum absolute atomic E-state index is 14.2. The molecule has 1 aromatic carbocycles. The molecule has 1 heterocycles. The summed E-state index contributed by atoms with van der Waals surface area (Å²) in [7, 11) is 0. The van der Waals surface area contributed by atoms with Gasteiger partial charge in [0.05, 0.1) is 12.3 Å². The van der Waals surface area contributed by atoms with Gasteiger partial charge < -0.3 is 20.9 Å². The largest absolute Gasteiger partial charge is 0.409 e. The van der Waals surface area contributed by atoms with E-state index in [-0.39, 0.29) is 18.3 Å². The zero-order valence-electron chi connectivity index (χ0n) is 11.9. The topological polar surface area (TPSA) is 85.3 Å². The molecule has 4 N–H and O–H groups in total. The van der Waals surface area contributed by atoms with Crippen LogP contribution in [0.5, 0.6) is 0 Å². The van der Waals surface area contributed by atoms with Crippen LogP contribution < -0.4 is 10.6 Å². The van der Waals surface area contributed by atoms with Gasteiger partial charge in [0.25, 0.3) is 0 Å². The molecule has 116 valence electrons. The molecule has 1 aliphatic heterocycles. The molecule has 0 spiro atoms. The van der Waals surface area contributed by atoms with E-state index in [1.807, 2.05) is 4.90 Å². The van der Waals surface area contributed by atoms with Crippen LogP contribution in [0, 0.1) is 5.82 Å². The van der Waals surface area contributed by atoms with Crippen LogP contribution in [0.2, 0.25) is 0 Å². The van der Waals surface area contributed by atoms with Gasteiger partial charge in [-0.3, -0.25) is 4.90 Å². The van der Waals surface area contributed by atoms with E-state index in [1.165, 1.54) is 6.07 Å². The van der Waals surface area contributed by atoms with Crippen molar-refractivity contribution in [2.75, 3.05) is 44.2 Å². The second kappa shape index (κ2) is 7.24. The first-order valence-corrected chi connectivity index (χ1v) is 7.01. The summed E-state index contributed by atoms with van der Waals surface area (Å²) in [4.78, 5) is 4.16. The summed E-state index contributed by atoms with van der Waals surface area (Å²) in [5.74, 6) is -0.486. The van der Waals surface area contributed by atoms with E-state index < -0.39 is 0 Å². The number of oxime groups is 1. The van der Waals surface area contributed by atoms with Crippen LogP contribution in [0.3, 0.4) is 0 Å². The van der Waals surface area contributed by atoms with E-state index in [4.69, 9.17) is 16.0 Å². The summed E-state index contributed by atoms with van der Waals surface area (Å²) in [6.45, 7) is 3.96. The average Bonchev–Trinajstić information content (AvgIpc) is 2.72. The molecule has 2 rings (SSSR count). The molecule has 1 saturated heterocycles. The Kier molecular flexibility index (Phi) is 5.35. The number of amidine groups is 1. The molecule has 1 aliphatic rings. The van der Waals surface area contributed by atoms with Crippen molar-refractivity contribution in [3.05, 3.63) is 29.6 Å².